The van der Waals surface area contributed by atoms with E-state index in [1.807, 2.05) is 38.1 Å². The van der Waals surface area contributed by atoms with Crippen molar-refractivity contribution >= 4 is 5.91 Å². The molecule has 1 aromatic rings. The minimum atomic E-state index is -0.404. The second-order valence-electron chi connectivity index (χ2n) is 5.32. The molecule has 5 heteroatoms. The van der Waals surface area contributed by atoms with Gasteiger partial charge < -0.3 is 15.5 Å². The molecule has 20 heavy (non-hydrogen) atoms. The number of amides is 1. The largest absolute Gasteiger partial charge is 0.336 e. The number of likely N-dealkylation sites (N-methyl/N-ethyl adjacent to an activating group) is 1. The van der Waals surface area contributed by atoms with E-state index in [1.165, 1.54) is 0 Å². The molecule has 0 radical (unpaired) electrons. The van der Waals surface area contributed by atoms with Gasteiger partial charge in [0.05, 0.1) is 6.04 Å². The van der Waals surface area contributed by atoms with Crippen molar-refractivity contribution in [2.75, 3.05) is 27.2 Å². The summed E-state index contributed by atoms with van der Waals surface area (Å²) in [4.78, 5) is 20.4. The van der Waals surface area contributed by atoms with E-state index in [0.29, 0.717) is 13.1 Å². The Labute approximate surface area is 121 Å². The lowest BCUT2D eigenvalue weighted by Gasteiger charge is -2.27. The number of carbonyl (C=O) groups is 1. The number of nitrogens with zero attached hydrogens (tertiary/aromatic N) is 3. The van der Waals surface area contributed by atoms with Gasteiger partial charge in [0.25, 0.3) is 0 Å². The fourth-order valence-corrected chi connectivity index (χ4v) is 1.97. The molecule has 0 saturated carbocycles. The van der Waals surface area contributed by atoms with Crippen molar-refractivity contribution in [1.29, 1.82) is 0 Å². The minimum Gasteiger partial charge on any atom is -0.336 e. The molecule has 0 saturated heterocycles. The van der Waals surface area contributed by atoms with Crippen LogP contribution in [0.2, 0.25) is 0 Å². The van der Waals surface area contributed by atoms with Crippen molar-refractivity contribution in [2.45, 2.75) is 32.4 Å². The zero-order valence-electron chi connectivity index (χ0n) is 12.7. The van der Waals surface area contributed by atoms with Crippen LogP contribution < -0.4 is 5.73 Å². The summed E-state index contributed by atoms with van der Waals surface area (Å²) in [5.74, 6) is 0.0255. The standard InChI is InChI=1S/C15H26N4O/c1-4-6-14(16)15(20)19(10-9-18(2)3)12-13-7-5-8-17-11-13/h5,7-8,11,14H,4,6,9-10,12,16H2,1-3H3. The average molecular weight is 278 g/mol. The molecule has 1 heterocycles. The van der Waals surface area contributed by atoms with Gasteiger partial charge in [0.1, 0.15) is 0 Å². The van der Waals surface area contributed by atoms with Crippen LogP contribution in [-0.2, 0) is 11.3 Å². The normalized spacial score (nSPS) is 12.4. The first-order chi connectivity index (χ1) is 9.54. The molecular formula is C15H26N4O. The highest BCUT2D eigenvalue weighted by Gasteiger charge is 2.20. The maximum atomic E-state index is 12.4. The van der Waals surface area contributed by atoms with Gasteiger partial charge >= 0.3 is 0 Å². The molecule has 1 atom stereocenters. The quantitative estimate of drug-likeness (QED) is 0.773. The molecule has 0 aliphatic carbocycles. The van der Waals surface area contributed by atoms with Gasteiger partial charge in [-0.15, -0.1) is 0 Å². The second-order valence-corrected chi connectivity index (χ2v) is 5.32. The van der Waals surface area contributed by atoms with E-state index in [2.05, 4.69) is 9.88 Å². The van der Waals surface area contributed by atoms with E-state index in [-0.39, 0.29) is 5.91 Å². The molecular weight excluding hydrogens is 252 g/mol. The first kappa shape index (κ1) is 16.6. The van der Waals surface area contributed by atoms with Crippen molar-refractivity contribution in [3.05, 3.63) is 30.1 Å². The van der Waals surface area contributed by atoms with Crippen LogP contribution in [0.15, 0.2) is 24.5 Å². The van der Waals surface area contributed by atoms with Gasteiger partial charge in [-0.3, -0.25) is 9.78 Å². The van der Waals surface area contributed by atoms with Crippen molar-refractivity contribution in [3.8, 4) is 0 Å². The molecule has 112 valence electrons. The first-order valence-corrected chi connectivity index (χ1v) is 7.12. The Bertz CT molecular complexity index is 394. The summed E-state index contributed by atoms with van der Waals surface area (Å²) in [5, 5.41) is 0. The summed E-state index contributed by atoms with van der Waals surface area (Å²) in [6.45, 7) is 4.11. The molecule has 1 aromatic heterocycles. The maximum Gasteiger partial charge on any atom is 0.239 e. The molecule has 1 unspecified atom stereocenters. The van der Waals surface area contributed by atoms with E-state index >= 15 is 0 Å². The fraction of sp³-hybridized carbons (Fsp3) is 0.600. The van der Waals surface area contributed by atoms with Crippen molar-refractivity contribution in [3.63, 3.8) is 0 Å². The average Bonchev–Trinajstić information content (AvgIpc) is 2.44. The Morgan fingerprint density at radius 1 is 1.40 bits per heavy atom. The molecule has 0 bridgehead atoms. The van der Waals surface area contributed by atoms with E-state index in [4.69, 9.17) is 5.73 Å². The van der Waals surface area contributed by atoms with Crippen LogP contribution >= 0.6 is 0 Å². The van der Waals surface area contributed by atoms with Crippen LogP contribution in [0.5, 0.6) is 0 Å². The van der Waals surface area contributed by atoms with E-state index in [0.717, 1.165) is 24.9 Å². The lowest BCUT2D eigenvalue weighted by molar-refractivity contribution is -0.133. The Morgan fingerprint density at radius 2 is 2.15 bits per heavy atom. The van der Waals surface area contributed by atoms with E-state index in [1.54, 1.807) is 12.4 Å². The summed E-state index contributed by atoms with van der Waals surface area (Å²) < 4.78 is 0. The van der Waals surface area contributed by atoms with E-state index < -0.39 is 6.04 Å². The zero-order valence-corrected chi connectivity index (χ0v) is 12.7. The van der Waals surface area contributed by atoms with Crippen LogP contribution in [0.4, 0.5) is 0 Å². The molecule has 0 aromatic carbocycles. The number of carbonyl (C=O) groups excluding carboxylic acids is 1. The molecule has 0 spiro atoms. The molecule has 0 aliphatic rings. The molecule has 1 rings (SSSR count). The predicted molar refractivity (Wildman–Crippen MR) is 81.1 cm³/mol. The third-order valence-corrected chi connectivity index (χ3v) is 3.14. The van der Waals surface area contributed by atoms with Gasteiger partial charge in [-0.25, -0.2) is 0 Å². The summed E-state index contributed by atoms with van der Waals surface area (Å²) in [7, 11) is 4.00. The summed E-state index contributed by atoms with van der Waals surface area (Å²) in [5.41, 5.74) is 7.00. The van der Waals surface area contributed by atoms with Gasteiger partial charge in [0, 0.05) is 32.0 Å². The zero-order chi connectivity index (χ0) is 15.0. The monoisotopic (exact) mass is 278 g/mol. The molecule has 0 aliphatic heterocycles. The molecule has 2 N–H and O–H groups in total. The smallest absolute Gasteiger partial charge is 0.239 e. The first-order valence-electron chi connectivity index (χ1n) is 7.12. The Balaban J connectivity index is 2.71. The Morgan fingerprint density at radius 3 is 2.70 bits per heavy atom. The van der Waals surface area contributed by atoms with Gasteiger partial charge in [0.2, 0.25) is 5.91 Å². The highest BCUT2D eigenvalue weighted by atomic mass is 16.2. The van der Waals surface area contributed by atoms with Crippen LogP contribution in [0.1, 0.15) is 25.3 Å². The maximum absolute atomic E-state index is 12.4. The molecule has 0 fully saturated rings. The summed E-state index contributed by atoms with van der Waals surface area (Å²) in [6.07, 6.45) is 5.17. The third kappa shape index (κ3) is 5.67. The number of hydrogen-bond acceptors (Lipinski definition) is 4. The lowest BCUT2D eigenvalue weighted by Crippen LogP contribution is -2.45. The number of hydrogen-bond donors (Lipinski definition) is 1. The summed E-state index contributed by atoms with van der Waals surface area (Å²) >= 11 is 0. The highest BCUT2D eigenvalue weighted by Crippen LogP contribution is 2.07. The number of nitrogens with two attached hydrogens (primary N) is 1. The third-order valence-electron chi connectivity index (χ3n) is 3.14. The van der Waals surface area contributed by atoms with Crippen LogP contribution in [0.25, 0.3) is 0 Å². The van der Waals surface area contributed by atoms with Crippen molar-refractivity contribution in [1.82, 2.24) is 14.8 Å². The second kappa shape index (κ2) is 8.66. The number of pyridine rings is 1. The fourth-order valence-electron chi connectivity index (χ4n) is 1.97. The number of rotatable bonds is 8. The van der Waals surface area contributed by atoms with E-state index in [9.17, 15) is 4.79 Å². The Kier molecular flexibility index (Phi) is 7.18. The van der Waals surface area contributed by atoms with Crippen molar-refractivity contribution < 1.29 is 4.79 Å². The topological polar surface area (TPSA) is 62.5 Å². The van der Waals surface area contributed by atoms with Gasteiger partial charge in [-0.1, -0.05) is 19.4 Å². The Hall–Kier alpha value is -1.46. The van der Waals surface area contributed by atoms with Gasteiger partial charge in [0.15, 0.2) is 0 Å². The van der Waals surface area contributed by atoms with Crippen LogP contribution in [0.3, 0.4) is 0 Å². The van der Waals surface area contributed by atoms with Gasteiger partial charge in [-0.2, -0.15) is 0 Å². The highest BCUT2D eigenvalue weighted by molar-refractivity contribution is 5.81. The lowest BCUT2D eigenvalue weighted by atomic mass is 10.1. The van der Waals surface area contributed by atoms with Crippen LogP contribution in [0, 0.1) is 0 Å². The SMILES string of the molecule is CCCC(N)C(=O)N(CCN(C)C)Cc1cccnc1. The minimum absolute atomic E-state index is 0.0255. The van der Waals surface area contributed by atoms with Gasteiger partial charge in [-0.05, 0) is 32.1 Å². The molecule has 1 amide bonds. The van der Waals surface area contributed by atoms with Crippen molar-refractivity contribution in [2.24, 2.45) is 5.73 Å². The molecule has 5 nitrogen and oxygen atoms in total. The van der Waals surface area contributed by atoms with Crippen LogP contribution in [-0.4, -0.2) is 53.9 Å². The number of aromatic nitrogens is 1. The predicted octanol–water partition coefficient (Wildman–Crippen LogP) is 1.10. The summed E-state index contributed by atoms with van der Waals surface area (Å²) in [6, 6.07) is 3.46.